The highest BCUT2D eigenvalue weighted by molar-refractivity contribution is 7.19. The maximum Gasteiger partial charge on any atom is 0.168 e. The van der Waals surface area contributed by atoms with Gasteiger partial charge >= 0.3 is 0 Å². The van der Waals surface area contributed by atoms with Gasteiger partial charge in [-0.05, 0) is 62.3 Å². The number of aryl methyl sites for hydroxylation is 2. The molecule has 0 atom stereocenters. The van der Waals surface area contributed by atoms with Gasteiger partial charge in [0.2, 0.25) is 0 Å². The molecule has 0 unspecified atom stereocenters. The summed E-state index contributed by atoms with van der Waals surface area (Å²) >= 11 is 1.87. The summed E-state index contributed by atoms with van der Waals surface area (Å²) in [5, 5.41) is 4.54. The molecule has 4 heteroatoms. The standard InChI is InChI=1S/C22H22N2OS/c1-12-17(15-7-3-2-4-11-24-15)22-19(14-6-5-8-16(14)26-22)20(23)18(12)21(25)13-9-10-13/h2-4,7,11,13,24H,5-6,8-10,23H2,1H3. The minimum atomic E-state index is 0.170. The van der Waals surface area contributed by atoms with Crippen molar-refractivity contribution >= 4 is 38.6 Å². The summed E-state index contributed by atoms with van der Waals surface area (Å²) < 4.78 is 1.24. The molecule has 3 N–H and O–H groups in total. The molecule has 5 rings (SSSR count). The first-order valence-corrected chi connectivity index (χ1v) is 10.2. The summed E-state index contributed by atoms with van der Waals surface area (Å²) in [7, 11) is 0. The number of benzene rings is 1. The summed E-state index contributed by atoms with van der Waals surface area (Å²) in [5.74, 6) is 0.408. The van der Waals surface area contributed by atoms with E-state index in [0.29, 0.717) is 0 Å². The van der Waals surface area contributed by atoms with E-state index in [1.807, 2.05) is 35.8 Å². The van der Waals surface area contributed by atoms with Crippen LogP contribution < -0.4 is 11.1 Å². The lowest BCUT2D eigenvalue weighted by Gasteiger charge is -2.18. The van der Waals surface area contributed by atoms with Crippen LogP contribution >= 0.6 is 11.3 Å². The van der Waals surface area contributed by atoms with Crippen LogP contribution in [0.4, 0.5) is 5.69 Å². The minimum Gasteiger partial charge on any atom is -0.398 e. The second-order valence-corrected chi connectivity index (χ2v) is 8.56. The van der Waals surface area contributed by atoms with E-state index in [2.05, 4.69) is 18.3 Å². The number of hydrogen-bond donors (Lipinski definition) is 2. The van der Waals surface area contributed by atoms with Crippen molar-refractivity contribution in [2.75, 3.05) is 5.73 Å². The number of nitrogen functional groups attached to an aromatic ring is 1. The molecule has 3 aliphatic rings. The van der Waals surface area contributed by atoms with E-state index in [0.717, 1.165) is 59.1 Å². The number of anilines is 1. The molecule has 26 heavy (non-hydrogen) atoms. The minimum absolute atomic E-state index is 0.170. The topological polar surface area (TPSA) is 55.1 Å². The molecule has 3 nitrogen and oxygen atoms in total. The maximum absolute atomic E-state index is 13.1. The molecule has 1 aromatic heterocycles. The Kier molecular flexibility index (Phi) is 3.57. The first-order valence-electron chi connectivity index (χ1n) is 9.37. The van der Waals surface area contributed by atoms with Crippen LogP contribution in [0.3, 0.4) is 0 Å². The maximum atomic E-state index is 13.1. The van der Waals surface area contributed by atoms with E-state index < -0.39 is 0 Å². The zero-order valence-corrected chi connectivity index (χ0v) is 15.7. The average molecular weight is 362 g/mol. The fraction of sp³-hybridized carbons (Fsp3) is 0.318. The number of nitrogens with two attached hydrogens (primary N) is 1. The number of hydrogen-bond acceptors (Lipinski definition) is 4. The molecular formula is C22H22N2OS. The van der Waals surface area contributed by atoms with Crippen molar-refractivity contribution in [3.63, 3.8) is 0 Å². The Labute approximate surface area is 157 Å². The van der Waals surface area contributed by atoms with Gasteiger partial charge in [0.1, 0.15) is 0 Å². The second kappa shape index (κ2) is 5.85. The van der Waals surface area contributed by atoms with Gasteiger partial charge in [-0.15, -0.1) is 11.3 Å². The zero-order valence-electron chi connectivity index (χ0n) is 14.9. The molecule has 132 valence electrons. The number of rotatable bonds is 3. The number of thiophene rings is 1. The number of allylic oxidation sites excluding steroid dienone is 4. The van der Waals surface area contributed by atoms with Crippen LogP contribution in [0.25, 0.3) is 15.8 Å². The van der Waals surface area contributed by atoms with E-state index >= 15 is 0 Å². The largest absolute Gasteiger partial charge is 0.398 e. The summed E-state index contributed by atoms with van der Waals surface area (Å²) in [5.41, 5.74) is 12.7. The normalized spacial score (nSPS) is 18.6. The summed E-state index contributed by atoms with van der Waals surface area (Å²) in [6.45, 7) is 2.06. The molecule has 1 aromatic carbocycles. The molecule has 0 saturated heterocycles. The lowest BCUT2D eigenvalue weighted by atomic mass is 9.90. The fourth-order valence-electron chi connectivity index (χ4n) is 4.29. The first-order chi connectivity index (χ1) is 12.7. The van der Waals surface area contributed by atoms with Gasteiger partial charge in [-0.3, -0.25) is 4.79 Å². The number of carbonyl (C=O) groups excluding carboxylic acids is 1. The Balaban J connectivity index is 1.85. The number of carbonyl (C=O) groups is 1. The SMILES string of the molecule is Cc1c(C(=O)C2CC2)c(N)c2c3c(sc2c1C1=CC=CC=CN1)CCC3. The van der Waals surface area contributed by atoms with Crippen molar-refractivity contribution in [1.82, 2.24) is 5.32 Å². The molecule has 0 radical (unpaired) electrons. The van der Waals surface area contributed by atoms with Crippen molar-refractivity contribution in [1.29, 1.82) is 0 Å². The zero-order chi connectivity index (χ0) is 17.8. The van der Waals surface area contributed by atoms with Crippen LogP contribution in [0.1, 0.15) is 51.2 Å². The van der Waals surface area contributed by atoms with E-state index in [4.69, 9.17) is 5.73 Å². The van der Waals surface area contributed by atoms with Gasteiger partial charge in [-0.2, -0.15) is 0 Å². The lowest BCUT2D eigenvalue weighted by molar-refractivity contribution is 0.0968. The second-order valence-electron chi connectivity index (χ2n) is 7.46. The van der Waals surface area contributed by atoms with Crippen molar-refractivity contribution in [2.24, 2.45) is 5.92 Å². The van der Waals surface area contributed by atoms with Crippen LogP contribution in [0.15, 0.2) is 30.5 Å². The smallest absolute Gasteiger partial charge is 0.168 e. The molecule has 1 fully saturated rings. The van der Waals surface area contributed by atoms with Crippen LogP contribution in [0, 0.1) is 12.8 Å². The van der Waals surface area contributed by atoms with Crippen molar-refractivity contribution in [3.05, 3.63) is 57.6 Å². The number of nitrogens with one attached hydrogen (secondary N) is 1. The molecule has 1 aliphatic heterocycles. The number of Topliss-reactive ketones (excluding diaryl/α,β-unsaturated/α-hetero) is 1. The van der Waals surface area contributed by atoms with E-state index in [1.54, 1.807) is 0 Å². The highest BCUT2D eigenvalue weighted by atomic mass is 32.1. The van der Waals surface area contributed by atoms with Gasteiger partial charge in [-0.1, -0.05) is 12.2 Å². The van der Waals surface area contributed by atoms with Crippen molar-refractivity contribution in [3.8, 4) is 0 Å². The van der Waals surface area contributed by atoms with Crippen molar-refractivity contribution in [2.45, 2.75) is 39.0 Å². The molecule has 2 heterocycles. The van der Waals surface area contributed by atoms with Gasteiger partial charge < -0.3 is 11.1 Å². The molecule has 0 bridgehead atoms. The van der Waals surface area contributed by atoms with Crippen LogP contribution in [-0.4, -0.2) is 5.78 Å². The Bertz CT molecular complexity index is 1030. The van der Waals surface area contributed by atoms with E-state index in [1.165, 1.54) is 21.6 Å². The van der Waals surface area contributed by atoms with E-state index in [9.17, 15) is 4.79 Å². The van der Waals surface area contributed by atoms with Crippen LogP contribution in [-0.2, 0) is 12.8 Å². The summed E-state index contributed by atoms with van der Waals surface area (Å²) in [6.07, 6.45) is 15.5. The highest BCUT2D eigenvalue weighted by Crippen LogP contribution is 2.47. The van der Waals surface area contributed by atoms with Gasteiger partial charge in [0.25, 0.3) is 0 Å². The molecule has 1 saturated carbocycles. The van der Waals surface area contributed by atoms with Crippen molar-refractivity contribution < 1.29 is 4.79 Å². The molecular weight excluding hydrogens is 340 g/mol. The van der Waals surface area contributed by atoms with Gasteiger partial charge in [0.15, 0.2) is 5.78 Å². The average Bonchev–Trinajstić information content (AvgIpc) is 3.33. The quantitative estimate of drug-likeness (QED) is 0.604. The van der Waals surface area contributed by atoms with Gasteiger partial charge in [0.05, 0.1) is 5.69 Å². The van der Waals surface area contributed by atoms with Crippen LogP contribution in [0.2, 0.25) is 0 Å². The fourth-order valence-corrected chi connectivity index (χ4v) is 5.81. The number of ketones is 1. The van der Waals surface area contributed by atoms with E-state index in [-0.39, 0.29) is 11.7 Å². The molecule has 2 aromatic rings. The van der Waals surface area contributed by atoms with Gasteiger partial charge in [-0.25, -0.2) is 0 Å². The Morgan fingerprint density at radius 3 is 2.88 bits per heavy atom. The predicted octanol–water partition coefficient (Wildman–Crippen LogP) is 4.89. The summed E-state index contributed by atoms with van der Waals surface area (Å²) in [6, 6.07) is 0. The summed E-state index contributed by atoms with van der Waals surface area (Å²) in [4.78, 5) is 14.5. The first kappa shape index (κ1) is 15.9. The predicted molar refractivity (Wildman–Crippen MR) is 109 cm³/mol. The molecule has 0 spiro atoms. The Morgan fingerprint density at radius 2 is 2.08 bits per heavy atom. The Hall–Kier alpha value is -2.33. The van der Waals surface area contributed by atoms with Crippen LogP contribution in [0.5, 0.6) is 0 Å². The molecule has 2 aliphatic carbocycles. The number of fused-ring (bicyclic) bond motifs is 3. The monoisotopic (exact) mass is 362 g/mol. The third-order valence-electron chi connectivity index (χ3n) is 5.72. The molecule has 0 amide bonds. The van der Waals surface area contributed by atoms with Gasteiger partial charge in [0, 0.05) is 43.9 Å². The third kappa shape index (κ3) is 2.28. The highest BCUT2D eigenvalue weighted by Gasteiger charge is 2.35. The Morgan fingerprint density at radius 1 is 1.23 bits per heavy atom. The lowest BCUT2D eigenvalue weighted by Crippen LogP contribution is -2.13. The third-order valence-corrected chi connectivity index (χ3v) is 7.03.